The molecule has 18 heavy (non-hydrogen) atoms. The van der Waals surface area contributed by atoms with Gasteiger partial charge in [-0.25, -0.2) is 0 Å². The minimum Gasteiger partial charge on any atom is -0.379 e. The number of ether oxygens (including phenoxy) is 1. The summed E-state index contributed by atoms with van der Waals surface area (Å²) >= 11 is 1.85. The third kappa shape index (κ3) is 9.59. The number of guanidine groups is 1. The fourth-order valence-corrected chi connectivity index (χ4v) is 1.40. The molecule has 0 atom stereocenters. The zero-order valence-electron chi connectivity index (χ0n) is 12.7. The number of hydrogen-bond donors (Lipinski definition) is 2. The molecule has 0 aliphatic rings. The summed E-state index contributed by atoms with van der Waals surface area (Å²) in [6.07, 6.45) is 3.43. The van der Waals surface area contributed by atoms with E-state index in [1.54, 1.807) is 7.05 Å². The topological polar surface area (TPSA) is 45.7 Å². The van der Waals surface area contributed by atoms with Gasteiger partial charge in [0.25, 0.3) is 0 Å². The van der Waals surface area contributed by atoms with Gasteiger partial charge in [0.05, 0.1) is 6.10 Å². The van der Waals surface area contributed by atoms with E-state index >= 15 is 0 Å². The molecule has 0 bridgehead atoms. The van der Waals surface area contributed by atoms with Crippen LogP contribution in [0.2, 0.25) is 0 Å². The van der Waals surface area contributed by atoms with E-state index in [2.05, 4.69) is 49.6 Å². The third-order valence-electron chi connectivity index (χ3n) is 2.52. The second-order valence-electron chi connectivity index (χ2n) is 5.09. The summed E-state index contributed by atoms with van der Waals surface area (Å²) in [6.45, 7) is 11.1. The Morgan fingerprint density at radius 1 is 1.33 bits per heavy atom. The van der Waals surface area contributed by atoms with Crippen LogP contribution >= 0.6 is 11.8 Å². The normalized spacial score (nSPS) is 12.9. The maximum atomic E-state index is 5.49. The van der Waals surface area contributed by atoms with Crippen LogP contribution in [-0.4, -0.2) is 49.8 Å². The van der Waals surface area contributed by atoms with Crippen molar-refractivity contribution in [2.24, 2.45) is 4.99 Å². The second-order valence-corrected chi connectivity index (χ2v) is 6.60. The van der Waals surface area contributed by atoms with Crippen molar-refractivity contribution in [3.8, 4) is 0 Å². The lowest BCUT2D eigenvalue weighted by molar-refractivity contribution is 0.0776. The molecule has 0 aliphatic carbocycles. The molecule has 0 spiro atoms. The molecule has 0 unspecified atom stereocenters. The zero-order chi connectivity index (χ0) is 14.0. The van der Waals surface area contributed by atoms with E-state index in [0.717, 1.165) is 32.1 Å². The Hall–Kier alpha value is -0.420. The second kappa shape index (κ2) is 9.50. The first-order valence-electron chi connectivity index (χ1n) is 6.52. The Morgan fingerprint density at radius 3 is 2.50 bits per heavy atom. The van der Waals surface area contributed by atoms with E-state index in [4.69, 9.17) is 4.74 Å². The van der Waals surface area contributed by atoms with Gasteiger partial charge in [-0.15, -0.1) is 0 Å². The van der Waals surface area contributed by atoms with Crippen LogP contribution in [0.25, 0.3) is 0 Å². The van der Waals surface area contributed by atoms with Crippen LogP contribution in [-0.2, 0) is 4.74 Å². The molecule has 0 saturated heterocycles. The minimum atomic E-state index is 0.221. The molecule has 0 aromatic heterocycles. The number of thioether (sulfide) groups is 1. The van der Waals surface area contributed by atoms with Gasteiger partial charge in [-0.05, 0) is 40.4 Å². The van der Waals surface area contributed by atoms with E-state index in [-0.39, 0.29) is 4.75 Å². The van der Waals surface area contributed by atoms with Crippen molar-refractivity contribution in [3.05, 3.63) is 0 Å². The van der Waals surface area contributed by atoms with Crippen molar-refractivity contribution in [3.63, 3.8) is 0 Å². The molecule has 0 aromatic rings. The van der Waals surface area contributed by atoms with Crippen LogP contribution in [0, 0.1) is 0 Å². The number of nitrogens with one attached hydrogen (secondary N) is 2. The van der Waals surface area contributed by atoms with E-state index < -0.39 is 0 Å². The summed E-state index contributed by atoms with van der Waals surface area (Å²) in [7, 11) is 1.80. The highest BCUT2D eigenvalue weighted by Crippen LogP contribution is 2.19. The van der Waals surface area contributed by atoms with Crippen LogP contribution in [0.4, 0.5) is 0 Å². The molecule has 108 valence electrons. The van der Waals surface area contributed by atoms with Gasteiger partial charge in [-0.3, -0.25) is 4.99 Å². The SMILES string of the molecule is CN=C(NCCCOC(C)C)NCC(C)(C)SC. The average molecular weight is 275 g/mol. The standard InChI is InChI=1S/C13H29N3OS/c1-11(2)17-9-7-8-15-12(14-5)16-10-13(3,4)18-6/h11H,7-10H2,1-6H3,(H2,14,15,16). The van der Waals surface area contributed by atoms with Gasteiger partial charge in [-0.1, -0.05) is 0 Å². The Balaban J connectivity index is 3.73. The predicted molar refractivity (Wildman–Crippen MR) is 82.7 cm³/mol. The van der Waals surface area contributed by atoms with Crippen LogP contribution < -0.4 is 10.6 Å². The summed E-state index contributed by atoms with van der Waals surface area (Å²) in [6, 6.07) is 0. The van der Waals surface area contributed by atoms with E-state index in [0.29, 0.717) is 6.10 Å². The molecule has 0 aliphatic heterocycles. The first kappa shape index (κ1) is 17.6. The molecule has 0 radical (unpaired) electrons. The fraction of sp³-hybridized carbons (Fsp3) is 0.923. The Bertz CT molecular complexity index is 242. The number of rotatable bonds is 8. The van der Waals surface area contributed by atoms with Gasteiger partial charge < -0.3 is 15.4 Å². The molecule has 2 N–H and O–H groups in total. The highest BCUT2D eigenvalue weighted by molar-refractivity contribution is 7.99. The lowest BCUT2D eigenvalue weighted by Crippen LogP contribution is -2.43. The van der Waals surface area contributed by atoms with Crippen LogP contribution in [0.15, 0.2) is 4.99 Å². The van der Waals surface area contributed by atoms with Crippen LogP contribution in [0.3, 0.4) is 0 Å². The molecule has 0 aromatic carbocycles. The first-order chi connectivity index (χ1) is 8.41. The summed E-state index contributed by atoms with van der Waals surface area (Å²) in [4.78, 5) is 4.20. The molecule has 0 amide bonds. The van der Waals surface area contributed by atoms with Crippen LogP contribution in [0.5, 0.6) is 0 Å². The van der Waals surface area contributed by atoms with Crippen molar-refractivity contribution >= 4 is 17.7 Å². The Morgan fingerprint density at radius 2 is 2.00 bits per heavy atom. The zero-order valence-corrected chi connectivity index (χ0v) is 13.5. The van der Waals surface area contributed by atoms with Crippen molar-refractivity contribution in [1.82, 2.24) is 10.6 Å². The largest absolute Gasteiger partial charge is 0.379 e. The van der Waals surface area contributed by atoms with Gasteiger partial charge in [0.2, 0.25) is 0 Å². The summed E-state index contributed by atoms with van der Waals surface area (Å²) < 4.78 is 5.71. The lowest BCUT2D eigenvalue weighted by Gasteiger charge is -2.23. The summed E-state index contributed by atoms with van der Waals surface area (Å²) in [5.74, 6) is 0.863. The van der Waals surface area contributed by atoms with Crippen molar-refractivity contribution < 1.29 is 4.74 Å². The minimum absolute atomic E-state index is 0.221. The molecule has 0 rings (SSSR count). The number of nitrogens with zero attached hydrogens (tertiary/aromatic N) is 1. The quantitative estimate of drug-likeness (QED) is 0.405. The van der Waals surface area contributed by atoms with Gasteiger partial charge >= 0.3 is 0 Å². The molecular formula is C13H29N3OS. The molecule has 0 fully saturated rings. The molecule has 4 nitrogen and oxygen atoms in total. The Kier molecular flexibility index (Phi) is 9.28. The van der Waals surface area contributed by atoms with Crippen molar-refractivity contribution in [2.75, 3.05) is 33.0 Å². The third-order valence-corrected chi connectivity index (χ3v) is 3.77. The van der Waals surface area contributed by atoms with Gasteiger partial charge in [0.1, 0.15) is 0 Å². The van der Waals surface area contributed by atoms with Gasteiger partial charge in [-0.2, -0.15) is 11.8 Å². The average Bonchev–Trinajstić information content (AvgIpc) is 2.32. The highest BCUT2D eigenvalue weighted by atomic mass is 32.2. The highest BCUT2D eigenvalue weighted by Gasteiger charge is 2.15. The smallest absolute Gasteiger partial charge is 0.191 e. The number of aliphatic imine (C=N–C) groups is 1. The Labute approximate surface area is 116 Å². The number of hydrogen-bond acceptors (Lipinski definition) is 3. The van der Waals surface area contributed by atoms with Gasteiger partial charge in [0, 0.05) is 31.5 Å². The van der Waals surface area contributed by atoms with Crippen molar-refractivity contribution in [2.45, 2.75) is 45.0 Å². The summed E-state index contributed by atoms with van der Waals surface area (Å²) in [5, 5.41) is 6.63. The van der Waals surface area contributed by atoms with Gasteiger partial charge in [0.15, 0.2) is 5.96 Å². The monoisotopic (exact) mass is 275 g/mol. The molecule has 5 heteroatoms. The summed E-state index contributed by atoms with van der Waals surface area (Å²) in [5.41, 5.74) is 0. The fourth-order valence-electron chi connectivity index (χ4n) is 1.19. The molecule has 0 saturated carbocycles. The maximum absolute atomic E-state index is 5.49. The molecule has 0 heterocycles. The maximum Gasteiger partial charge on any atom is 0.191 e. The lowest BCUT2D eigenvalue weighted by atomic mass is 10.2. The van der Waals surface area contributed by atoms with Crippen LogP contribution in [0.1, 0.15) is 34.1 Å². The first-order valence-corrected chi connectivity index (χ1v) is 7.75. The molecular weight excluding hydrogens is 246 g/mol. The van der Waals surface area contributed by atoms with E-state index in [1.807, 2.05) is 11.8 Å². The van der Waals surface area contributed by atoms with E-state index in [9.17, 15) is 0 Å². The predicted octanol–water partition coefficient (Wildman–Crippen LogP) is 2.11. The van der Waals surface area contributed by atoms with E-state index in [1.165, 1.54) is 0 Å². The van der Waals surface area contributed by atoms with Crippen molar-refractivity contribution in [1.29, 1.82) is 0 Å².